The molecule has 2 aromatic heterocycles. The van der Waals surface area contributed by atoms with E-state index in [2.05, 4.69) is 28.6 Å². The summed E-state index contributed by atoms with van der Waals surface area (Å²) in [6.45, 7) is 2.97. The van der Waals surface area contributed by atoms with Gasteiger partial charge in [0.15, 0.2) is 5.16 Å². The lowest BCUT2D eigenvalue weighted by molar-refractivity contribution is -0.115. The number of nitrogens with zero attached hydrogens (tertiary/aromatic N) is 3. The maximum Gasteiger partial charge on any atom is 0.266 e. The van der Waals surface area contributed by atoms with Gasteiger partial charge in [-0.3, -0.25) is 14.2 Å². The van der Waals surface area contributed by atoms with Crippen molar-refractivity contribution in [2.24, 2.45) is 5.73 Å². The van der Waals surface area contributed by atoms with Crippen LogP contribution in [0.25, 0.3) is 38.4 Å². The molecular weight excluding hydrogens is 408 g/mol. The van der Waals surface area contributed by atoms with Crippen molar-refractivity contribution in [3.8, 4) is 5.69 Å². The third-order valence-corrected chi connectivity index (χ3v) is 6.38. The maximum atomic E-state index is 13.4. The molecule has 0 radical (unpaired) electrons. The molecule has 0 bridgehead atoms. The van der Waals surface area contributed by atoms with Crippen LogP contribution in [-0.2, 0) is 11.3 Å². The van der Waals surface area contributed by atoms with Crippen LogP contribution in [0, 0.1) is 0 Å². The highest BCUT2D eigenvalue weighted by Gasteiger charge is 2.16. The van der Waals surface area contributed by atoms with Crippen molar-refractivity contribution in [2.45, 2.75) is 18.6 Å². The lowest BCUT2D eigenvalue weighted by Gasteiger charge is -2.13. The topological polar surface area (TPSA) is 82.9 Å². The molecule has 5 rings (SSSR count). The van der Waals surface area contributed by atoms with Crippen LogP contribution in [0.1, 0.15) is 6.92 Å². The van der Waals surface area contributed by atoms with Crippen molar-refractivity contribution >= 4 is 50.4 Å². The molecule has 0 spiro atoms. The molecule has 7 heteroatoms. The number of primary amides is 1. The highest BCUT2D eigenvalue weighted by atomic mass is 32.2. The number of aryl methyl sites for hydroxylation is 1. The standard InChI is InChI=1S/C24H20N4O2S/c1-2-27-20-10-6-4-7-16(20)18-13-15(11-12-21(18)27)28-23(30)17-8-3-5-9-19(17)26-24(28)31-14-22(25)29/h3-13H,2,14H2,1H3,(H2,25,29). The van der Waals surface area contributed by atoms with Gasteiger partial charge in [0.1, 0.15) is 0 Å². The maximum absolute atomic E-state index is 13.4. The van der Waals surface area contributed by atoms with E-state index in [1.807, 2.05) is 42.5 Å². The van der Waals surface area contributed by atoms with E-state index in [-0.39, 0.29) is 11.3 Å². The number of nitrogens with two attached hydrogens (primary N) is 1. The van der Waals surface area contributed by atoms with Crippen LogP contribution in [0.15, 0.2) is 76.7 Å². The molecule has 154 valence electrons. The molecule has 2 heterocycles. The lowest BCUT2D eigenvalue weighted by atomic mass is 10.1. The predicted molar refractivity (Wildman–Crippen MR) is 126 cm³/mol. The number of carbonyl (C=O) groups excluding carboxylic acids is 1. The van der Waals surface area contributed by atoms with Crippen molar-refractivity contribution < 1.29 is 4.79 Å². The van der Waals surface area contributed by atoms with Gasteiger partial charge in [-0.15, -0.1) is 0 Å². The van der Waals surface area contributed by atoms with Gasteiger partial charge in [-0.2, -0.15) is 0 Å². The Kier molecular flexibility index (Phi) is 4.75. The number of carbonyl (C=O) groups is 1. The fourth-order valence-electron chi connectivity index (χ4n) is 4.09. The first-order valence-corrected chi connectivity index (χ1v) is 11.0. The fraction of sp³-hybridized carbons (Fsp3) is 0.125. The lowest BCUT2D eigenvalue weighted by Crippen LogP contribution is -2.23. The van der Waals surface area contributed by atoms with E-state index >= 15 is 0 Å². The first kappa shape index (κ1) is 19.4. The first-order valence-electron chi connectivity index (χ1n) is 10.0. The number of benzene rings is 3. The highest BCUT2D eigenvalue weighted by molar-refractivity contribution is 7.99. The minimum absolute atomic E-state index is 0.0438. The second-order valence-electron chi connectivity index (χ2n) is 7.27. The van der Waals surface area contributed by atoms with Gasteiger partial charge in [0.2, 0.25) is 5.91 Å². The zero-order valence-electron chi connectivity index (χ0n) is 16.9. The minimum atomic E-state index is -0.458. The highest BCUT2D eigenvalue weighted by Crippen LogP contribution is 2.31. The molecular formula is C24H20N4O2S. The van der Waals surface area contributed by atoms with E-state index in [0.29, 0.717) is 21.7 Å². The first-order chi connectivity index (χ1) is 15.1. The number of para-hydroxylation sites is 2. The van der Waals surface area contributed by atoms with Gasteiger partial charge in [0, 0.05) is 28.4 Å². The summed E-state index contributed by atoms with van der Waals surface area (Å²) >= 11 is 1.17. The van der Waals surface area contributed by atoms with E-state index in [0.717, 1.165) is 28.4 Å². The Morgan fingerprint density at radius 1 is 0.968 bits per heavy atom. The van der Waals surface area contributed by atoms with Gasteiger partial charge in [-0.05, 0) is 43.3 Å². The fourth-order valence-corrected chi connectivity index (χ4v) is 4.85. The van der Waals surface area contributed by atoms with E-state index in [1.54, 1.807) is 16.7 Å². The second-order valence-corrected chi connectivity index (χ2v) is 8.21. The van der Waals surface area contributed by atoms with Gasteiger partial charge in [-0.1, -0.05) is 42.1 Å². The van der Waals surface area contributed by atoms with E-state index < -0.39 is 5.91 Å². The summed E-state index contributed by atoms with van der Waals surface area (Å²) in [6, 6.07) is 21.5. The summed E-state index contributed by atoms with van der Waals surface area (Å²) < 4.78 is 3.84. The van der Waals surface area contributed by atoms with Crippen LogP contribution in [0.5, 0.6) is 0 Å². The van der Waals surface area contributed by atoms with Crippen LogP contribution in [0.2, 0.25) is 0 Å². The average molecular weight is 429 g/mol. The van der Waals surface area contributed by atoms with Crippen molar-refractivity contribution in [2.75, 3.05) is 5.75 Å². The Bertz CT molecular complexity index is 1530. The van der Waals surface area contributed by atoms with Gasteiger partial charge < -0.3 is 10.3 Å². The largest absolute Gasteiger partial charge is 0.369 e. The number of fused-ring (bicyclic) bond motifs is 4. The Labute approximate surface area is 182 Å². The van der Waals surface area contributed by atoms with Crippen LogP contribution >= 0.6 is 11.8 Å². The van der Waals surface area contributed by atoms with Crippen LogP contribution in [-0.4, -0.2) is 25.8 Å². The molecule has 5 aromatic rings. The molecule has 0 aliphatic carbocycles. The van der Waals surface area contributed by atoms with Crippen LogP contribution in [0.3, 0.4) is 0 Å². The molecule has 0 aliphatic heterocycles. The van der Waals surface area contributed by atoms with Crippen LogP contribution < -0.4 is 11.3 Å². The van der Waals surface area contributed by atoms with Gasteiger partial charge in [-0.25, -0.2) is 4.98 Å². The van der Waals surface area contributed by atoms with Crippen LogP contribution in [0.4, 0.5) is 0 Å². The van der Waals surface area contributed by atoms with Gasteiger partial charge in [0.05, 0.1) is 22.3 Å². The van der Waals surface area contributed by atoms with Gasteiger partial charge in [0.25, 0.3) is 5.56 Å². The molecule has 0 saturated heterocycles. The summed E-state index contributed by atoms with van der Waals surface area (Å²) in [4.78, 5) is 29.5. The monoisotopic (exact) mass is 428 g/mol. The zero-order valence-corrected chi connectivity index (χ0v) is 17.7. The number of aromatic nitrogens is 3. The third-order valence-electron chi connectivity index (χ3n) is 5.42. The average Bonchev–Trinajstić information content (AvgIpc) is 3.10. The quantitative estimate of drug-likeness (QED) is 0.338. The SMILES string of the molecule is CCn1c2ccccc2c2cc(-n3c(SCC(N)=O)nc4ccccc4c3=O)ccc21. The second kappa shape index (κ2) is 7.59. The number of hydrogen-bond donors (Lipinski definition) is 1. The zero-order chi connectivity index (χ0) is 21.5. The van der Waals surface area contributed by atoms with Crippen molar-refractivity contribution in [3.05, 3.63) is 77.1 Å². The predicted octanol–water partition coefficient (Wildman–Crippen LogP) is 4.09. The molecule has 6 nitrogen and oxygen atoms in total. The number of amides is 1. The smallest absolute Gasteiger partial charge is 0.266 e. The van der Waals surface area contributed by atoms with E-state index in [9.17, 15) is 9.59 Å². The number of thioether (sulfide) groups is 1. The minimum Gasteiger partial charge on any atom is -0.369 e. The van der Waals surface area contributed by atoms with Crippen molar-refractivity contribution in [1.82, 2.24) is 14.1 Å². The molecule has 31 heavy (non-hydrogen) atoms. The normalized spacial score (nSPS) is 11.5. The molecule has 0 atom stereocenters. The molecule has 0 unspecified atom stereocenters. The number of hydrogen-bond acceptors (Lipinski definition) is 4. The summed E-state index contributed by atoms with van der Waals surface area (Å²) in [5.41, 5.74) is 8.76. The summed E-state index contributed by atoms with van der Waals surface area (Å²) in [5.74, 6) is -0.414. The third kappa shape index (κ3) is 3.18. The van der Waals surface area contributed by atoms with E-state index in [1.165, 1.54) is 11.8 Å². The Morgan fingerprint density at radius 3 is 2.45 bits per heavy atom. The van der Waals surface area contributed by atoms with Gasteiger partial charge >= 0.3 is 0 Å². The molecule has 1 amide bonds. The Balaban J connectivity index is 1.81. The summed E-state index contributed by atoms with van der Waals surface area (Å²) in [7, 11) is 0. The molecule has 0 fully saturated rings. The molecule has 0 saturated carbocycles. The Morgan fingerprint density at radius 2 is 1.68 bits per heavy atom. The summed E-state index contributed by atoms with van der Waals surface area (Å²) in [5, 5.41) is 3.18. The Hall–Kier alpha value is -3.58. The molecule has 0 aliphatic rings. The van der Waals surface area contributed by atoms with Crippen molar-refractivity contribution in [3.63, 3.8) is 0 Å². The van der Waals surface area contributed by atoms with Crippen molar-refractivity contribution in [1.29, 1.82) is 0 Å². The van der Waals surface area contributed by atoms with E-state index in [4.69, 9.17) is 5.73 Å². The number of rotatable bonds is 5. The molecule has 3 aromatic carbocycles. The summed E-state index contributed by atoms with van der Waals surface area (Å²) in [6.07, 6.45) is 0. The molecule has 2 N–H and O–H groups in total.